The summed E-state index contributed by atoms with van der Waals surface area (Å²) in [6.45, 7) is 0. The van der Waals surface area contributed by atoms with E-state index in [9.17, 15) is 0 Å². The first kappa shape index (κ1) is 6.92. The Morgan fingerprint density at radius 1 is 1.11 bits per heavy atom. The lowest BCUT2D eigenvalue weighted by molar-refractivity contribution is 0.634. The maximum absolute atomic E-state index is 5.67. The van der Waals surface area contributed by atoms with Crippen LogP contribution < -0.4 is 0 Å². The van der Waals surface area contributed by atoms with E-state index < -0.39 is 0 Å². The molecule has 0 heterocycles. The molecule has 1 heteroatoms. The zero-order valence-electron chi connectivity index (χ0n) is 5.90. The Morgan fingerprint density at radius 2 is 1.89 bits per heavy atom. The Kier molecular flexibility index (Phi) is 2.89. The van der Waals surface area contributed by atoms with Gasteiger partial charge in [-0.1, -0.05) is 25.3 Å². The first-order valence-corrected chi connectivity index (χ1v) is 3.84. The van der Waals surface area contributed by atoms with Crippen LogP contribution in [-0.4, -0.2) is 7.85 Å². The Balaban J connectivity index is 2.32. The van der Waals surface area contributed by atoms with E-state index in [0.717, 1.165) is 11.9 Å². The third kappa shape index (κ3) is 2.74. The standard InChI is InChI=1S/C8H13B/c9-8-6-4-2-1-3-5-7-8/h6H,1-5,7H2/b8-6+. The van der Waals surface area contributed by atoms with Crippen molar-refractivity contribution in [1.29, 1.82) is 0 Å². The summed E-state index contributed by atoms with van der Waals surface area (Å²) in [6, 6.07) is 0. The lowest BCUT2D eigenvalue weighted by Crippen LogP contribution is -1.88. The van der Waals surface area contributed by atoms with Gasteiger partial charge in [0.05, 0.1) is 0 Å². The second kappa shape index (κ2) is 3.76. The first-order chi connectivity index (χ1) is 4.39. The van der Waals surface area contributed by atoms with E-state index in [1.807, 2.05) is 0 Å². The minimum absolute atomic E-state index is 1.11. The summed E-state index contributed by atoms with van der Waals surface area (Å²) in [5.74, 6) is 0. The molecule has 0 aromatic rings. The molecule has 0 aromatic carbocycles. The second-order valence-corrected chi connectivity index (χ2v) is 2.73. The van der Waals surface area contributed by atoms with E-state index in [1.165, 1.54) is 32.1 Å². The van der Waals surface area contributed by atoms with Gasteiger partial charge in [-0.15, -0.1) is 5.47 Å². The van der Waals surface area contributed by atoms with E-state index >= 15 is 0 Å². The molecule has 0 bridgehead atoms. The molecule has 0 aromatic heterocycles. The van der Waals surface area contributed by atoms with Gasteiger partial charge in [0.25, 0.3) is 0 Å². The number of rotatable bonds is 0. The van der Waals surface area contributed by atoms with Gasteiger partial charge in [0.2, 0.25) is 0 Å². The van der Waals surface area contributed by atoms with Crippen LogP contribution in [0.25, 0.3) is 0 Å². The molecule has 48 valence electrons. The molecule has 1 aliphatic carbocycles. The van der Waals surface area contributed by atoms with Crippen molar-refractivity contribution < 1.29 is 0 Å². The first-order valence-electron chi connectivity index (χ1n) is 3.84. The van der Waals surface area contributed by atoms with Crippen molar-refractivity contribution >= 4 is 7.85 Å². The molecule has 0 nitrogen and oxygen atoms in total. The highest BCUT2D eigenvalue weighted by molar-refractivity contribution is 6.21. The highest BCUT2D eigenvalue weighted by Gasteiger charge is 1.95. The molecular formula is C8H13B. The second-order valence-electron chi connectivity index (χ2n) is 2.73. The molecule has 1 rings (SSSR count). The van der Waals surface area contributed by atoms with E-state index in [2.05, 4.69) is 6.08 Å². The smallest absolute Gasteiger partial charge is 0.107 e. The molecular weight excluding hydrogens is 107 g/mol. The fraction of sp³-hybridized carbons (Fsp3) is 0.750. The summed E-state index contributed by atoms with van der Waals surface area (Å²) < 4.78 is 0. The number of hydrogen-bond acceptors (Lipinski definition) is 0. The summed E-state index contributed by atoms with van der Waals surface area (Å²) in [4.78, 5) is 0. The van der Waals surface area contributed by atoms with Crippen LogP contribution in [0.2, 0.25) is 0 Å². The fourth-order valence-electron chi connectivity index (χ4n) is 1.22. The van der Waals surface area contributed by atoms with Gasteiger partial charge in [-0.25, -0.2) is 0 Å². The van der Waals surface area contributed by atoms with Gasteiger partial charge in [0.15, 0.2) is 0 Å². The Hall–Kier alpha value is -0.195. The van der Waals surface area contributed by atoms with Gasteiger partial charge in [0.1, 0.15) is 7.85 Å². The van der Waals surface area contributed by atoms with Crippen molar-refractivity contribution in [1.82, 2.24) is 0 Å². The molecule has 9 heavy (non-hydrogen) atoms. The molecule has 0 saturated heterocycles. The van der Waals surface area contributed by atoms with Crippen LogP contribution >= 0.6 is 0 Å². The Bertz CT molecular complexity index is 105. The van der Waals surface area contributed by atoms with E-state index in [1.54, 1.807) is 0 Å². The van der Waals surface area contributed by atoms with Crippen LogP contribution in [0.1, 0.15) is 38.5 Å². The van der Waals surface area contributed by atoms with Crippen LogP contribution in [0, 0.1) is 0 Å². The van der Waals surface area contributed by atoms with Gasteiger partial charge in [0, 0.05) is 0 Å². The summed E-state index contributed by atoms with van der Waals surface area (Å²) in [7, 11) is 5.67. The molecule has 1 aliphatic rings. The zero-order chi connectivity index (χ0) is 6.53. The number of allylic oxidation sites excluding steroid dienone is 2. The third-order valence-electron chi connectivity index (χ3n) is 1.83. The van der Waals surface area contributed by atoms with Crippen LogP contribution in [0.4, 0.5) is 0 Å². The largest absolute Gasteiger partial charge is 0.122 e. The van der Waals surface area contributed by atoms with Crippen molar-refractivity contribution in [3.8, 4) is 0 Å². The maximum atomic E-state index is 5.67. The van der Waals surface area contributed by atoms with Crippen molar-refractivity contribution in [3.05, 3.63) is 11.5 Å². The maximum Gasteiger partial charge on any atom is 0.107 e. The Morgan fingerprint density at radius 3 is 2.78 bits per heavy atom. The van der Waals surface area contributed by atoms with Gasteiger partial charge in [-0.05, 0) is 19.3 Å². The lowest BCUT2D eigenvalue weighted by atomic mass is 9.87. The molecule has 0 fully saturated rings. The van der Waals surface area contributed by atoms with Gasteiger partial charge >= 0.3 is 0 Å². The molecule has 0 aliphatic heterocycles. The third-order valence-corrected chi connectivity index (χ3v) is 1.83. The van der Waals surface area contributed by atoms with Crippen molar-refractivity contribution in [2.75, 3.05) is 0 Å². The highest BCUT2D eigenvalue weighted by atomic mass is 14.0. The normalized spacial score (nSPS) is 27.8. The van der Waals surface area contributed by atoms with Crippen molar-refractivity contribution in [3.63, 3.8) is 0 Å². The van der Waals surface area contributed by atoms with E-state index in [-0.39, 0.29) is 0 Å². The summed E-state index contributed by atoms with van der Waals surface area (Å²) in [6.07, 6.45) is 9.90. The van der Waals surface area contributed by atoms with Crippen molar-refractivity contribution in [2.24, 2.45) is 0 Å². The SMILES string of the molecule is [B]/C1=C/CCCCCC1. The lowest BCUT2D eigenvalue weighted by Gasteiger charge is -2.06. The minimum atomic E-state index is 1.11. The van der Waals surface area contributed by atoms with Gasteiger partial charge in [-0.3, -0.25) is 0 Å². The molecule has 0 unspecified atom stereocenters. The zero-order valence-corrected chi connectivity index (χ0v) is 5.90. The molecule has 2 radical (unpaired) electrons. The highest BCUT2D eigenvalue weighted by Crippen LogP contribution is 2.14. The Labute approximate surface area is 58.8 Å². The predicted octanol–water partition coefficient (Wildman–Crippen LogP) is 2.39. The minimum Gasteiger partial charge on any atom is -0.122 e. The average Bonchev–Trinajstić information content (AvgIpc) is 1.79. The quantitative estimate of drug-likeness (QED) is 0.430. The average molecular weight is 120 g/mol. The monoisotopic (exact) mass is 120 g/mol. The van der Waals surface area contributed by atoms with Crippen molar-refractivity contribution in [2.45, 2.75) is 38.5 Å². The van der Waals surface area contributed by atoms with Crippen LogP contribution in [0.15, 0.2) is 11.5 Å². The predicted molar refractivity (Wildman–Crippen MR) is 41.5 cm³/mol. The molecule has 0 saturated carbocycles. The van der Waals surface area contributed by atoms with Crippen LogP contribution in [0.3, 0.4) is 0 Å². The summed E-state index contributed by atoms with van der Waals surface area (Å²) in [5.41, 5.74) is 1.11. The molecule has 0 atom stereocenters. The number of hydrogen-bond donors (Lipinski definition) is 0. The van der Waals surface area contributed by atoms with Crippen LogP contribution in [0.5, 0.6) is 0 Å². The molecule has 0 N–H and O–H groups in total. The fourth-order valence-corrected chi connectivity index (χ4v) is 1.22. The van der Waals surface area contributed by atoms with E-state index in [4.69, 9.17) is 7.85 Å². The summed E-state index contributed by atoms with van der Waals surface area (Å²) >= 11 is 0. The van der Waals surface area contributed by atoms with Crippen LogP contribution in [-0.2, 0) is 0 Å². The van der Waals surface area contributed by atoms with E-state index in [0.29, 0.717) is 0 Å². The van der Waals surface area contributed by atoms with Gasteiger partial charge < -0.3 is 0 Å². The topological polar surface area (TPSA) is 0 Å². The molecule has 0 spiro atoms. The van der Waals surface area contributed by atoms with Gasteiger partial charge in [-0.2, -0.15) is 0 Å². The summed E-state index contributed by atoms with van der Waals surface area (Å²) in [5, 5.41) is 0. The molecule has 0 amide bonds.